The number of aromatic amines is 1. The number of aliphatic carboxylic acids is 1. The van der Waals surface area contributed by atoms with Crippen LogP contribution in [0.3, 0.4) is 0 Å². The van der Waals surface area contributed by atoms with Gasteiger partial charge in [0.05, 0.1) is 6.04 Å². The van der Waals surface area contributed by atoms with Gasteiger partial charge >= 0.3 is 5.97 Å². The summed E-state index contributed by atoms with van der Waals surface area (Å²) in [5.41, 5.74) is 7.71. The van der Waals surface area contributed by atoms with Crippen molar-refractivity contribution in [3.63, 3.8) is 0 Å². The minimum absolute atomic E-state index is 0.0856. The first-order valence-electron chi connectivity index (χ1n) is 10.2. The summed E-state index contributed by atoms with van der Waals surface area (Å²) in [6.45, 7) is 7.41. The molecule has 2 rings (SSSR count). The van der Waals surface area contributed by atoms with Gasteiger partial charge in [-0.2, -0.15) is 0 Å². The lowest BCUT2D eigenvalue weighted by Gasteiger charge is -2.24. The van der Waals surface area contributed by atoms with E-state index in [0.717, 1.165) is 16.5 Å². The van der Waals surface area contributed by atoms with Crippen LogP contribution in [-0.4, -0.2) is 46.0 Å². The Kier molecular flexibility index (Phi) is 8.00. The van der Waals surface area contributed by atoms with Crippen molar-refractivity contribution in [2.45, 2.75) is 58.7 Å². The molecule has 8 nitrogen and oxygen atoms in total. The number of carboxylic acids is 1. The van der Waals surface area contributed by atoms with E-state index >= 15 is 0 Å². The smallest absolute Gasteiger partial charge is 0.326 e. The largest absolute Gasteiger partial charge is 0.480 e. The molecule has 0 aliphatic rings. The number of carbonyl (C=O) groups is 3. The third-order valence-corrected chi connectivity index (χ3v) is 5.07. The van der Waals surface area contributed by atoms with Crippen molar-refractivity contribution in [1.82, 2.24) is 15.6 Å². The maximum absolute atomic E-state index is 13.0. The number of aromatic nitrogens is 1. The Morgan fingerprint density at radius 1 is 1.03 bits per heavy atom. The Morgan fingerprint density at radius 3 is 2.27 bits per heavy atom. The number of rotatable bonds is 10. The number of benzene rings is 1. The number of amides is 2. The van der Waals surface area contributed by atoms with Gasteiger partial charge in [-0.1, -0.05) is 45.9 Å². The quantitative estimate of drug-likeness (QED) is 0.402. The Hall–Kier alpha value is -2.87. The molecule has 0 radical (unpaired) electrons. The van der Waals surface area contributed by atoms with Crippen LogP contribution in [0.4, 0.5) is 0 Å². The lowest BCUT2D eigenvalue weighted by Crippen LogP contribution is -2.56. The van der Waals surface area contributed by atoms with Crippen LogP contribution in [0.25, 0.3) is 10.9 Å². The number of nitrogens with two attached hydrogens (primary N) is 1. The first-order valence-corrected chi connectivity index (χ1v) is 10.2. The number of para-hydroxylation sites is 1. The summed E-state index contributed by atoms with van der Waals surface area (Å²) in [5.74, 6) is -2.11. The van der Waals surface area contributed by atoms with Crippen LogP contribution < -0.4 is 16.4 Å². The summed E-state index contributed by atoms with van der Waals surface area (Å²) in [4.78, 5) is 40.3. The van der Waals surface area contributed by atoms with Crippen molar-refractivity contribution in [1.29, 1.82) is 0 Å². The molecule has 0 unspecified atom stereocenters. The highest BCUT2D eigenvalue weighted by Gasteiger charge is 2.29. The van der Waals surface area contributed by atoms with Crippen LogP contribution >= 0.6 is 0 Å². The van der Waals surface area contributed by atoms with E-state index in [0.29, 0.717) is 6.42 Å². The maximum atomic E-state index is 13.0. The standard InChI is InChI=1S/C22H32N4O4/c1-12(2)9-18(22(29)30)26-20(27)17(25-21(28)19(23)13(3)4)10-14-11-24-16-8-6-5-7-15(14)16/h5-8,11-13,17-19,24H,9-10,23H2,1-4H3,(H,25,28)(H,26,27)(H,29,30)/t17-,18+,19+/m0/s1. The van der Waals surface area contributed by atoms with Crippen LogP contribution in [0.15, 0.2) is 30.5 Å². The molecule has 0 bridgehead atoms. The van der Waals surface area contributed by atoms with Crippen molar-refractivity contribution in [2.75, 3.05) is 0 Å². The van der Waals surface area contributed by atoms with Gasteiger partial charge in [-0.05, 0) is 29.9 Å². The van der Waals surface area contributed by atoms with Crippen LogP contribution in [0.2, 0.25) is 0 Å². The molecule has 30 heavy (non-hydrogen) atoms. The van der Waals surface area contributed by atoms with Crippen molar-refractivity contribution in [3.8, 4) is 0 Å². The zero-order valence-electron chi connectivity index (χ0n) is 17.9. The molecule has 0 fully saturated rings. The van der Waals surface area contributed by atoms with Crippen molar-refractivity contribution in [3.05, 3.63) is 36.0 Å². The van der Waals surface area contributed by atoms with E-state index in [1.165, 1.54) is 0 Å². The zero-order chi connectivity index (χ0) is 22.4. The molecular weight excluding hydrogens is 384 g/mol. The molecule has 164 valence electrons. The first kappa shape index (κ1) is 23.4. The number of H-pyrrole nitrogens is 1. The molecule has 8 heteroatoms. The molecule has 0 saturated heterocycles. The van der Waals surface area contributed by atoms with E-state index in [1.807, 2.05) is 52.0 Å². The molecule has 0 spiro atoms. The minimum atomic E-state index is -1.10. The fourth-order valence-electron chi connectivity index (χ4n) is 3.27. The third kappa shape index (κ3) is 6.06. The van der Waals surface area contributed by atoms with Gasteiger partial charge < -0.3 is 26.5 Å². The average Bonchev–Trinajstić information content (AvgIpc) is 3.08. The highest BCUT2D eigenvalue weighted by atomic mass is 16.4. The summed E-state index contributed by atoms with van der Waals surface area (Å²) in [6, 6.07) is 4.90. The van der Waals surface area contributed by atoms with Crippen LogP contribution in [-0.2, 0) is 20.8 Å². The summed E-state index contributed by atoms with van der Waals surface area (Å²) < 4.78 is 0. The number of carboxylic acid groups (broad SMARTS) is 1. The van der Waals surface area contributed by atoms with E-state index in [2.05, 4.69) is 15.6 Å². The summed E-state index contributed by atoms with van der Waals surface area (Å²) in [7, 11) is 0. The highest BCUT2D eigenvalue weighted by molar-refractivity contribution is 5.93. The third-order valence-electron chi connectivity index (χ3n) is 5.07. The Balaban J connectivity index is 2.26. The molecule has 6 N–H and O–H groups in total. The topological polar surface area (TPSA) is 137 Å². The molecule has 3 atom stereocenters. The molecule has 2 amide bonds. The van der Waals surface area contributed by atoms with Gasteiger partial charge in [0, 0.05) is 23.5 Å². The van der Waals surface area contributed by atoms with Gasteiger partial charge in [0.15, 0.2) is 0 Å². The number of nitrogens with one attached hydrogen (secondary N) is 3. The molecule has 2 aromatic rings. The average molecular weight is 417 g/mol. The van der Waals surface area contributed by atoms with E-state index in [-0.39, 0.29) is 18.3 Å². The maximum Gasteiger partial charge on any atom is 0.326 e. The van der Waals surface area contributed by atoms with Crippen molar-refractivity contribution >= 4 is 28.7 Å². The Bertz CT molecular complexity index is 890. The van der Waals surface area contributed by atoms with Gasteiger partial charge in [-0.25, -0.2) is 4.79 Å². The molecule has 0 aliphatic carbocycles. The predicted octanol–water partition coefficient (Wildman–Crippen LogP) is 1.79. The highest BCUT2D eigenvalue weighted by Crippen LogP contribution is 2.19. The second kappa shape index (κ2) is 10.2. The first-order chi connectivity index (χ1) is 14.1. The lowest BCUT2D eigenvalue weighted by atomic mass is 10.00. The second-order valence-corrected chi connectivity index (χ2v) is 8.42. The summed E-state index contributed by atoms with van der Waals surface area (Å²) >= 11 is 0. The summed E-state index contributed by atoms with van der Waals surface area (Å²) in [6.07, 6.45) is 2.29. The van der Waals surface area contributed by atoms with Gasteiger partial charge in [0.1, 0.15) is 12.1 Å². The fourth-order valence-corrected chi connectivity index (χ4v) is 3.27. The normalized spacial score (nSPS) is 14.5. The Labute approximate surface area is 176 Å². The molecule has 1 heterocycles. The van der Waals surface area contributed by atoms with Gasteiger partial charge in [-0.3, -0.25) is 9.59 Å². The van der Waals surface area contributed by atoms with Gasteiger partial charge in [-0.15, -0.1) is 0 Å². The molecular formula is C22H32N4O4. The minimum Gasteiger partial charge on any atom is -0.480 e. The predicted molar refractivity (Wildman–Crippen MR) is 116 cm³/mol. The van der Waals surface area contributed by atoms with E-state index in [1.54, 1.807) is 6.20 Å². The van der Waals surface area contributed by atoms with Gasteiger partial charge in [0.2, 0.25) is 11.8 Å². The number of fused-ring (bicyclic) bond motifs is 1. The lowest BCUT2D eigenvalue weighted by molar-refractivity contribution is -0.142. The van der Waals surface area contributed by atoms with E-state index in [9.17, 15) is 19.5 Å². The monoisotopic (exact) mass is 416 g/mol. The SMILES string of the molecule is CC(C)C[C@@H](NC(=O)[C@H](Cc1c[nH]c2ccccc12)NC(=O)[C@H](N)C(C)C)C(=O)O. The molecule has 0 aliphatic heterocycles. The van der Waals surface area contributed by atoms with Crippen molar-refractivity contribution in [2.24, 2.45) is 17.6 Å². The Morgan fingerprint density at radius 2 is 1.67 bits per heavy atom. The summed E-state index contributed by atoms with van der Waals surface area (Å²) in [5, 5.41) is 15.7. The zero-order valence-corrected chi connectivity index (χ0v) is 17.9. The van der Waals surface area contributed by atoms with E-state index < -0.39 is 35.9 Å². The fraction of sp³-hybridized carbons (Fsp3) is 0.500. The second-order valence-electron chi connectivity index (χ2n) is 8.42. The number of carbonyl (C=O) groups excluding carboxylic acids is 2. The van der Waals surface area contributed by atoms with E-state index in [4.69, 9.17) is 5.73 Å². The molecule has 0 saturated carbocycles. The molecule has 1 aromatic carbocycles. The number of hydrogen-bond donors (Lipinski definition) is 5. The van der Waals surface area contributed by atoms with Crippen LogP contribution in [0.1, 0.15) is 39.7 Å². The van der Waals surface area contributed by atoms with Crippen molar-refractivity contribution < 1.29 is 19.5 Å². The van der Waals surface area contributed by atoms with Crippen LogP contribution in [0, 0.1) is 11.8 Å². The van der Waals surface area contributed by atoms with Gasteiger partial charge in [0.25, 0.3) is 0 Å². The van der Waals surface area contributed by atoms with Crippen LogP contribution in [0.5, 0.6) is 0 Å². The number of hydrogen-bond acceptors (Lipinski definition) is 4. The molecule has 1 aromatic heterocycles.